The monoisotopic (exact) mass is 183 g/mol. The van der Waals surface area contributed by atoms with Gasteiger partial charge in [-0.15, -0.1) is 10.2 Å². The van der Waals surface area contributed by atoms with Crippen LogP contribution in [0.2, 0.25) is 0 Å². The van der Waals surface area contributed by atoms with Crippen molar-refractivity contribution in [3.05, 3.63) is 11.4 Å². The van der Waals surface area contributed by atoms with E-state index in [-0.39, 0.29) is 0 Å². The van der Waals surface area contributed by atoms with Gasteiger partial charge in [-0.3, -0.25) is 5.43 Å². The highest BCUT2D eigenvalue weighted by atomic mass is 15.4. The largest absolute Gasteiger partial charge is 0.307 e. The highest BCUT2D eigenvalue weighted by Gasteiger charge is 2.07. The SMILES string of the molecule is CCC1=C(NN)N=NC(NN)=NC1. The molecule has 0 aromatic carbocycles. The second kappa shape index (κ2) is 4.53. The molecule has 72 valence electrons. The summed E-state index contributed by atoms with van der Waals surface area (Å²) in [6.07, 6.45) is 0.819. The Morgan fingerprint density at radius 3 is 2.62 bits per heavy atom. The Hall–Kier alpha value is -1.47. The minimum absolute atomic E-state index is 0.302. The summed E-state index contributed by atoms with van der Waals surface area (Å²) in [6.45, 7) is 2.50. The van der Waals surface area contributed by atoms with Crippen molar-refractivity contribution in [3.8, 4) is 0 Å². The van der Waals surface area contributed by atoms with E-state index in [4.69, 9.17) is 11.7 Å². The third-order valence-corrected chi connectivity index (χ3v) is 1.69. The van der Waals surface area contributed by atoms with Gasteiger partial charge in [0.1, 0.15) is 0 Å². The highest BCUT2D eigenvalue weighted by Crippen LogP contribution is 2.10. The molecule has 0 aromatic rings. The lowest BCUT2D eigenvalue weighted by Crippen LogP contribution is -2.28. The molecule has 0 saturated carbocycles. The molecule has 13 heavy (non-hydrogen) atoms. The van der Waals surface area contributed by atoms with E-state index in [1.165, 1.54) is 0 Å². The van der Waals surface area contributed by atoms with Gasteiger partial charge in [0.05, 0.1) is 6.54 Å². The van der Waals surface area contributed by atoms with E-state index < -0.39 is 0 Å². The summed E-state index contributed by atoms with van der Waals surface area (Å²) in [7, 11) is 0. The van der Waals surface area contributed by atoms with Crippen molar-refractivity contribution in [2.24, 2.45) is 26.9 Å². The van der Waals surface area contributed by atoms with Crippen LogP contribution in [0, 0.1) is 0 Å². The van der Waals surface area contributed by atoms with Crippen LogP contribution in [0.3, 0.4) is 0 Å². The Kier molecular flexibility index (Phi) is 3.35. The standard InChI is InChI=1S/C6H13N7/c1-2-4-3-9-6(11-8)13-12-5(4)10-7/h10H,2-3,7-8H2,1H3,(H,9,11). The number of rotatable bonds is 2. The fourth-order valence-corrected chi connectivity index (χ4v) is 0.930. The predicted octanol–water partition coefficient (Wildman–Crippen LogP) is -0.644. The Balaban J connectivity index is 2.86. The van der Waals surface area contributed by atoms with Gasteiger partial charge in [-0.1, -0.05) is 6.92 Å². The molecule has 0 aliphatic carbocycles. The third kappa shape index (κ3) is 2.23. The number of nitrogens with one attached hydrogen (secondary N) is 2. The number of azo groups is 1. The number of hydrogen-bond acceptors (Lipinski definition) is 7. The van der Waals surface area contributed by atoms with Crippen LogP contribution in [-0.2, 0) is 0 Å². The van der Waals surface area contributed by atoms with Gasteiger partial charge in [0.25, 0.3) is 5.96 Å². The van der Waals surface area contributed by atoms with E-state index in [1.54, 1.807) is 0 Å². The zero-order chi connectivity index (χ0) is 9.68. The Labute approximate surface area is 75.9 Å². The molecule has 1 aliphatic rings. The van der Waals surface area contributed by atoms with Crippen molar-refractivity contribution in [1.82, 2.24) is 10.9 Å². The molecule has 7 nitrogen and oxygen atoms in total. The number of guanidine groups is 1. The molecule has 0 aromatic heterocycles. The first-order chi connectivity index (χ1) is 6.31. The van der Waals surface area contributed by atoms with Gasteiger partial charge in [0.2, 0.25) is 0 Å². The summed E-state index contributed by atoms with van der Waals surface area (Å²) < 4.78 is 0. The number of aliphatic imine (C=N–C) groups is 1. The molecule has 0 unspecified atom stereocenters. The second-order valence-corrected chi connectivity index (χ2v) is 2.43. The van der Waals surface area contributed by atoms with Crippen molar-refractivity contribution in [1.29, 1.82) is 0 Å². The molecule has 6 N–H and O–H groups in total. The topological polar surface area (TPSA) is 113 Å². The first-order valence-corrected chi connectivity index (χ1v) is 3.93. The van der Waals surface area contributed by atoms with E-state index in [1.807, 2.05) is 6.92 Å². The van der Waals surface area contributed by atoms with Crippen LogP contribution >= 0.6 is 0 Å². The van der Waals surface area contributed by atoms with E-state index in [2.05, 4.69) is 26.1 Å². The molecule has 0 saturated heterocycles. The minimum atomic E-state index is 0.302. The summed E-state index contributed by atoms with van der Waals surface area (Å²) in [4.78, 5) is 4.06. The molecule has 0 amide bonds. The maximum Gasteiger partial charge on any atom is 0.252 e. The molecule has 0 fully saturated rings. The average Bonchev–Trinajstić information content (AvgIpc) is 2.38. The molecule has 7 heteroatoms. The molecule has 0 atom stereocenters. The normalized spacial score (nSPS) is 16.7. The van der Waals surface area contributed by atoms with Crippen molar-refractivity contribution in [2.75, 3.05) is 6.54 Å². The van der Waals surface area contributed by atoms with E-state index in [0.717, 1.165) is 12.0 Å². The molecule has 1 heterocycles. The number of nitrogens with two attached hydrogens (primary N) is 2. The van der Waals surface area contributed by atoms with Gasteiger partial charge < -0.3 is 5.43 Å². The van der Waals surface area contributed by atoms with Crippen LogP contribution in [0.1, 0.15) is 13.3 Å². The van der Waals surface area contributed by atoms with Crippen molar-refractivity contribution in [2.45, 2.75) is 13.3 Å². The van der Waals surface area contributed by atoms with Crippen LogP contribution in [0.5, 0.6) is 0 Å². The fourth-order valence-electron chi connectivity index (χ4n) is 0.930. The summed E-state index contributed by atoms with van der Waals surface area (Å²) >= 11 is 0. The van der Waals surface area contributed by atoms with E-state index in [0.29, 0.717) is 18.3 Å². The lowest BCUT2D eigenvalue weighted by atomic mass is 10.2. The predicted molar refractivity (Wildman–Crippen MR) is 49.1 cm³/mol. The highest BCUT2D eigenvalue weighted by molar-refractivity contribution is 5.80. The van der Waals surface area contributed by atoms with Crippen molar-refractivity contribution < 1.29 is 0 Å². The van der Waals surface area contributed by atoms with Crippen LogP contribution in [0.4, 0.5) is 0 Å². The molecule has 0 spiro atoms. The third-order valence-electron chi connectivity index (χ3n) is 1.69. The summed E-state index contributed by atoms with van der Waals surface area (Å²) in [6, 6.07) is 0. The van der Waals surface area contributed by atoms with E-state index >= 15 is 0 Å². The van der Waals surface area contributed by atoms with Gasteiger partial charge in [0, 0.05) is 0 Å². The Morgan fingerprint density at radius 2 is 2.08 bits per heavy atom. The number of nitrogens with zero attached hydrogens (tertiary/aromatic N) is 3. The lowest BCUT2D eigenvalue weighted by Gasteiger charge is -2.03. The smallest absolute Gasteiger partial charge is 0.252 e. The number of hydrogen-bond donors (Lipinski definition) is 4. The van der Waals surface area contributed by atoms with E-state index in [9.17, 15) is 0 Å². The molecule has 1 rings (SSSR count). The lowest BCUT2D eigenvalue weighted by molar-refractivity contribution is 0.806. The second-order valence-electron chi connectivity index (χ2n) is 2.43. The van der Waals surface area contributed by atoms with Crippen LogP contribution in [0.15, 0.2) is 26.6 Å². The quantitative estimate of drug-likeness (QED) is 0.336. The van der Waals surface area contributed by atoms with Gasteiger partial charge in [-0.2, -0.15) is 0 Å². The van der Waals surface area contributed by atoms with Crippen LogP contribution in [0.25, 0.3) is 0 Å². The van der Waals surface area contributed by atoms with Gasteiger partial charge in [0.15, 0.2) is 5.82 Å². The Morgan fingerprint density at radius 1 is 1.31 bits per heavy atom. The zero-order valence-corrected chi connectivity index (χ0v) is 7.41. The van der Waals surface area contributed by atoms with Crippen molar-refractivity contribution >= 4 is 5.96 Å². The summed E-state index contributed by atoms with van der Waals surface area (Å²) in [5.41, 5.74) is 5.79. The maximum absolute atomic E-state index is 5.26. The zero-order valence-electron chi connectivity index (χ0n) is 7.41. The minimum Gasteiger partial charge on any atom is -0.307 e. The van der Waals surface area contributed by atoms with Crippen LogP contribution in [-0.4, -0.2) is 12.5 Å². The van der Waals surface area contributed by atoms with Gasteiger partial charge in [-0.25, -0.2) is 16.7 Å². The molecule has 0 bridgehead atoms. The Bertz CT molecular complexity index is 264. The molecular weight excluding hydrogens is 170 g/mol. The summed E-state index contributed by atoms with van der Waals surface area (Å²) in [5, 5.41) is 7.57. The first kappa shape index (κ1) is 9.62. The van der Waals surface area contributed by atoms with Crippen LogP contribution < -0.4 is 22.5 Å². The molecular formula is C6H13N7. The first-order valence-electron chi connectivity index (χ1n) is 3.93. The van der Waals surface area contributed by atoms with Gasteiger partial charge in [-0.05, 0) is 12.0 Å². The maximum atomic E-state index is 5.26. The van der Waals surface area contributed by atoms with Crippen molar-refractivity contribution in [3.63, 3.8) is 0 Å². The average molecular weight is 183 g/mol. The summed E-state index contributed by atoms with van der Waals surface area (Å²) in [5.74, 6) is 11.3. The fraction of sp³-hybridized carbons (Fsp3) is 0.500. The number of hydrazine groups is 2. The van der Waals surface area contributed by atoms with Gasteiger partial charge >= 0.3 is 0 Å². The molecule has 0 radical (unpaired) electrons. The molecule has 1 aliphatic heterocycles.